The molecule has 2 amide bonds. The SMILES string of the molecule is CCC(=NOCCOc1ccc(CC2SC(=O)N(C(c3ccccc3)(c3ccccc3)c3ccccc3)C2=O)cc1)c1ccc(-c2ccccc2)cc1. The Kier molecular flexibility index (Phi) is 11.1. The van der Waals surface area contributed by atoms with Crippen LogP contribution in [0.5, 0.6) is 5.75 Å². The Bertz CT molecular complexity index is 2040. The van der Waals surface area contributed by atoms with Crippen LogP contribution in [0.1, 0.15) is 41.2 Å². The topological polar surface area (TPSA) is 68.2 Å². The monoisotopic (exact) mass is 716 g/mol. The van der Waals surface area contributed by atoms with E-state index in [1.807, 2.05) is 133 Å². The van der Waals surface area contributed by atoms with E-state index in [-0.39, 0.29) is 11.1 Å². The summed E-state index contributed by atoms with van der Waals surface area (Å²) < 4.78 is 5.94. The predicted octanol–water partition coefficient (Wildman–Crippen LogP) is 10.2. The molecule has 264 valence electrons. The number of ether oxygens (including phenoxy) is 1. The molecule has 7 heteroatoms. The molecule has 7 rings (SSSR count). The van der Waals surface area contributed by atoms with Gasteiger partial charge >= 0.3 is 0 Å². The lowest BCUT2D eigenvalue weighted by Crippen LogP contribution is -2.51. The summed E-state index contributed by atoms with van der Waals surface area (Å²) in [5, 5.41) is 3.54. The first-order valence-electron chi connectivity index (χ1n) is 17.9. The normalized spacial score (nSPS) is 14.7. The van der Waals surface area contributed by atoms with E-state index in [0.29, 0.717) is 25.4 Å². The zero-order valence-electron chi connectivity index (χ0n) is 29.5. The largest absolute Gasteiger partial charge is 0.490 e. The van der Waals surface area contributed by atoms with Gasteiger partial charge in [-0.2, -0.15) is 0 Å². The van der Waals surface area contributed by atoms with Gasteiger partial charge in [0.2, 0.25) is 5.91 Å². The summed E-state index contributed by atoms with van der Waals surface area (Å²) in [6.07, 6.45) is 1.15. The van der Waals surface area contributed by atoms with Crippen LogP contribution in [0.2, 0.25) is 0 Å². The van der Waals surface area contributed by atoms with Gasteiger partial charge in [0, 0.05) is 0 Å². The Balaban J connectivity index is 0.996. The van der Waals surface area contributed by atoms with Gasteiger partial charge in [0.05, 0.1) is 11.0 Å². The third-order valence-electron chi connectivity index (χ3n) is 9.45. The van der Waals surface area contributed by atoms with Crippen LogP contribution in [-0.2, 0) is 21.6 Å². The van der Waals surface area contributed by atoms with E-state index < -0.39 is 10.8 Å². The number of hydrogen-bond donors (Lipinski definition) is 0. The Hall–Kier alpha value is -5.92. The standard InChI is InChI=1S/C46H40N2O4S/c1-2-42(37-27-25-36(26-28-37)35-15-7-3-8-16-35)47-52-32-31-51-41-29-23-34(24-30-41)33-43-44(49)48(45(50)53-43)46(38-17-9-4-10-18-38,39-19-11-5-12-20-39)40-21-13-6-14-22-40/h3-30,43H,2,31-33H2,1H3. The fourth-order valence-electron chi connectivity index (χ4n) is 6.88. The fraction of sp³-hybridized carbons (Fsp3) is 0.152. The van der Waals surface area contributed by atoms with Crippen LogP contribution in [-0.4, -0.2) is 40.2 Å². The Labute approximate surface area is 315 Å². The maximum atomic E-state index is 14.4. The van der Waals surface area contributed by atoms with Crippen molar-refractivity contribution in [3.8, 4) is 16.9 Å². The summed E-state index contributed by atoms with van der Waals surface area (Å²) in [5.74, 6) is 0.473. The molecule has 1 fully saturated rings. The van der Waals surface area contributed by atoms with Crippen LogP contribution in [0.25, 0.3) is 11.1 Å². The van der Waals surface area contributed by atoms with Crippen molar-refractivity contribution in [1.82, 2.24) is 4.90 Å². The molecule has 1 atom stereocenters. The fourth-order valence-corrected chi connectivity index (χ4v) is 7.94. The van der Waals surface area contributed by atoms with Crippen LogP contribution >= 0.6 is 11.8 Å². The molecule has 0 saturated carbocycles. The molecule has 53 heavy (non-hydrogen) atoms. The number of amides is 2. The van der Waals surface area contributed by atoms with E-state index in [9.17, 15) is 9.59 Å². The van der Waals surface area contributed by atoms with Crippen LogP contribution in [0, 0.1) is 0 Å². The number of rotatable bonds is 14. The summed E-state index contributed by atoms with van der Waals surface area (Å²) in [4.78, 5) is 35.5. The Morgan fingerprint density at radius 3 is 1.68 bits per heavy atom. The highest BCUT2D eigenvalue weighted by atomic mass is 32.2. The van der Waals surface area contributed by atoms with Crippen LogP contribution < -0.4 is 4.74 Å². The summed E-state index contributed by atoms with van der Waals surface area (Å²) in [6, 6.07) is 55.7. The lowest BCUT2D eigenvalue weighted by molar-refractivity contribution is -0.129. The number of benzene rings is 6. The van der Waals surface area contributed by atoms with E-state index in [2.05, 4.69) is 48.5 Å². The van der Waals surface area contributed by atoms with Gasteiger partial charge in [0.1, 0.15) is 17.9 Å². The number of oxime groups is 1. The van der Waals surface area contributed by atoms with E-state index in [1.165, 1.54) is 10.5 Å². The van der Waals surface area contributed by atoms with E-state index in [1.54, 1.807) is 0 Å². The Morgan fingerprint density at radius 2 is 1.15 bits per heavy atom. The average molecular weight is 717 g/mol. The molecule has 1 heterocycles. The van der Waals surface area contributed by atoms with Gasteiger partial charge in [-0.25, -0.2) is 0 Å². The highest BCUT2D eigenvalue weighted by molar-refractivity contribution is 8.15. The predicted molar refractivity (Wildman–Crippen MR) is 213 cm³/mol. The summed E-state index contributed by atoms with van der Waals surface area (Å²) >= 11 is 1.09. The minimum atomic E-state index is -1.13. The minimum Gasteiger partial charge on any atom is -0.490 e. The first kappa shape index (κ1) is 35.5. The van der Waals surface area contributed by atoms with Crippen molar-refractivity contribution >= 4 is 28.6 Å². The third-order valence-corrected chi connectivity index (χ3v) is 10.5. The van der Waals surface area contributed by atoms with Crippen molar-refractivity contribution in [2.24, 2.45) is 5.16 Å². The van der Waals surface area contributed by atoms with Gasteiger partial charge in [-0.05, 0) is 63.9 Å². The van der Waals surface area contributed by atoms with Gasteiger partial charge in [0.25, 0.3) is 5.24 Å². The average Bonchev–Trinajstić information content (AvgIpc) is 3.50. The van der Waals surface area contributed by atoms with Crippen LogP contribution in [0.15, 0.2) is 175 Å². The summed E-state index contributed by atoms with van der Waals surface area (Å²) in [6.45, 7) is 2.68. The van der Waals surface area contributed by atoms with Crippen molar-refractivity contribution in [3.05, 3.63) is 198 Å². The van der Waals surface area contributed by atoms with Gasteiger partial charge in [0.15, 0.2) is 6.61 Å². The number of hydrogen-bond acceptors (Lipinski definition) is 6. The summed E-state index contributed by atoms with van der Waals surface area (Å²) in [7, 11) is 0. The maximum absolute atomic E-state index is 14.4. The molecular weight excluding hydrogens is 677 g/mol. The molecule has 1 saturated heterocycles. The number of carbonyl (C=O) groups is 2. The second kappa shape index (κ2) is 16.6. The number of imide groups is 1. The van der Waals surface area contributed by atoms with Gasteiger partial charge in [-0.1, -0.05) is 182 Å². The summed E-state index contributed by atoms with van der Waals surface area (Å²) in [5.41, 5.74) is 6.58. The van der Waals surface area contributed by atoms with E-state index in [4.69, 9.17) is 9.57 Å². The smallest absolute Gasteiger partial charge is 0.290 e. The van der Waals surface area contributed by atoms with Crippen molar-refractivity contribution in [2.75, 3.05) is 13.2 Å². The van der Waals surface area contributed by atoms with Gasteiger partial charge in [-0.3, -0.25) is 14.5 Å². The quantitative estimate of drug-likeness (QED) is 0.0486. The van der Waals surface area contributed by atoms with Crippen molar-refractivity contribution in [2.45, 2.75) is 30.6 Å². The zero-order valence-corrected chi connectivity index (χ0v) is 30.3. The Morgan fingerprint density at radius 1 is 0.642 bits per heavy atom. The van der Waals surface area contributed by atoms with E-state index >= 15 is 0 Å². The molecule has 0 radical (unpaired) electrons. The molecule has 6 aromatic carbocycles. The molecule has 0 bridgehead atoms. The molecule has 6 aromatic rings. The van der Waals surface area contributed by atoms with Crippen molar-refractivity contribution < 1.29 is 19.2 Å². The van der Waals surface area contributed by atoms with Crippen LogP contribution in [0.3, 0.4) is 0 Å². The second-order valence-corrected chi connectivity index (χ2v) is 13.9. The molecule has 0 aliphatic carbocycles. The molecule has 1 aliphatic heterocycles. The maximum Gasteiger partial charge on any atom is 0.290 e. The molecule has 0 N–H and O–H groups in total. The zero-order chi connectivity index (χ0) is 36.5. The minimum absolute atomic E-state index is 0.215. The van der Waals surface area contributed by atoms with E-state index in [0.717, 1.165) is 57.3 Å². The lowest BCUT2D eigenvalue weighted by Gasteiger charge is -2.42. The molecule has 0 aromatic heterocycles. The van der Waals surface area contributed by atoms with Crippen LogP contribution in [0.4, 0.5) is 4.79 Å². The molecular formula is C46H40N2O4S. The number of thioether (sulfide) groups is 1. The van der Waals surface area contributed by atoms with Gasteiger partial charge < -0.3 is 9.57 Å². The number of nitrogens with zero attached hydrogens (tertiary/aromatic N) is 2. The molecule has 0 spiro atoms. The molecule has 1 aliphatic rings. The van der Waals surface area contributed by atoms with Crippen molar-refractivity contribution in [3.63, 3.8) is 0 Å². The highest BCUT2D eigenvalue weighted by Crippen LogP contribution is 2.47. The molecule has 1 unspecified atom stereocenters. The first-order valence-corrected chi connectivity index (χ1v) is 18.7. The number of carbonyl (C=O) groups excluding carboxylic acids is 2. The van der Waals surface area contributed by atoms with Gasteiger partial charge in [-0.15, -0.1) is 0 Å². The third kappa shape index (κ3) is 7.66. The highest BCUT2D eigenvalue weighted by Gasteiger charge is 2.53. The lowest BCUT2D eigenvalue weighted by atomic mass is 9.75. The second-order valence-electron chi connectivity index (χ2n) is 12.7. The van der Waals surface area contributed by atoms with Crippen molar-refractivity contribution in [1.29, 1.82) is 0 Å². The molecule has 6 nitrogen and oxygen atoms in total. The first-order chi connectivity index (χ1) is 26.1.